The van der Waals surface area contributed by atoms with Gasteiger partial charge in [-0.25, -0.2) is 0 Å². The van der Waals surface area contributed by atoms with E-state index in [1.807, 2.05) is 0 Å². The number of carbonyl (C=O) groups excluding carboxylic acids is 1. The summed E-state index contributed by atoms with van der Waals surface area (Å²) >= 11 is 18.1. The molecule has 3 aromatic rings. The fourth-order valence-electron chi connectivity index (χ4n) is 2.56. The Morgan fingerprint density at radius 1 is 1.00 bits per heavy atom. The molecule has 1 amide bonds. The van der Waals surface area contributed by atoms with Crippen LogP contribution < -0.4 is 9.50 Å². The first-order chi connectivity index (χ1) is 15.6. The van der Waals surface area contributed by atoms with Crippen LogP contribution in [0.25, 0.3) is 6.08 Å². The molecule has 33 heavy (non-hydrogen) atoms. The number of rotatable bonds is 6. The molecule has 0 saturated heterocycles. The molecular weight excluding hydrogens is 511 g/mol. The lowest BCUT2D eigenvalue weighted by molar-refractivity contribution is -0.112. The highest BCUT2D eigenvalue weighted by atomic mass is 35.5. The lowest BCUT2D eigenvalue weighted by atomic mass is 10.1. The van der Waals surface area contributed by atoms with Crippen molar-refractivity contribution in [1.29, 1.82) is 5.26 Å². The van der Waals surface area contributed by atoms with Gasteiger partial charge in [0.05, 0.1) is 10.0 Å². The van der Waals surface area contributed by atoms with Crippen molar-refractivity contribution in [1.82, 2.24) is 0 Å². The van der Waals surface area contributed by atoms with Gasteiger partial charge in [0.1, 0.15) is 22.3 Å². The van der Waals surface area contributed by atoms with Gasteiger partial charge < -0.3 is 14.6 Å². The second-order valence-electron chi connectivity index (χ2n) is 6.48. The van der Waals surface area contributed by atoms with Gasteiger partial charge in [0, 0.05) is 10.7 Å². The Morgan fingerprint density at radius 3 is 2.12 bits per heavy atom. The highest BCUT2D eigenvalue weighted by Crippen LogP contribution is 2.37. The Labute approximate surface area is 204 Å². The van der Waals surface area contributed by atoms with Gasteiger partial charge in [0.15, 0.2) is 5.75 Å². The Hall–Kier alpha value is -3.22. The number of nitrogens with one attached hydrogen (secondary N) is 1. The molecular formula is C22H13Cl3N2O5S. The smallest absolute Gasteiger partial charge is 0.339 e. The summed E-state index contributed by atoms with van der Waals surface area (Å²) in [4.78, 5) is 12.2. The highest BCUT2D eigenvalue weighted by molar-refractivity contribution is 7.87. The molecule has 11 heteroatoms. The summed E-state index contributed by atoms with van der Waals surface area (Å²) in [5.74, 6) is -0.993. The molecule has 2 N–H and O–H groups in total. The van der Waals surface area contributed by atoms with Crippen LogP contribution in [-0.4, -0.2) is 19.4 Å². The van der Waals surface area contributed by atoms with Crippen molar-refractivity contribution < 1.29 is 22.5 Å². The van der Waals surface area contributed by atoms with Crippen LogP contribution in [0.2, 0.25) is 15.1 Å². The normalized spacial score (nSPS) is 11.5. The van der Waals surface area contributed by atoms with Gasteiger partial charge in [-0.05, 0) is 72.3 Å². The number of amides is 1. The number of hydrogen-bond acceptors (Lipinski definition) is 6. The number of anilines is 1. The summed E-state index contributed by atoms with van der Waals surface area (Å²) in [5.41, 5.74) is 0.363. The minimum atomic E-state index is -4.24. The van der Waals surface area contributed by atoms with E-state index in [1.165, 1.54) is 66.7 Å². The number of nitrogens with zero attached hydrogens (tertiary/aromatic N) is 1. The molecule has 3 aromatic carbocycles. The molecule has 0 atom stereocenters. The molecule has 3 rings (SSSR count). The van der Waals surface area contributed by atoms with E-state index in [0.717, 1.165) is 0 Å². The number of carbonyl (C=O) groups is 1. The first-order valence-electron chi connectivity index (χ1n) is 9.00. The SMILES string of the molecule is N#C/C(=C\c1cc(Cl)c(OS(=O)(=O)c2ccc(Cl)cc2)c(Cl)c1)C(=O)Nc1ccc(O)cc1. The van der Waals surface area contributed by atoms with E-state index in [0.29, 0.717) is 10.7 Å². The molecule has 0 radical (unpaired) electrons. The number of benzene rings is 3. The van der Waals surface area contributed by atoms with E-state index in [-0.39, 0.29) is 37.6 Å². The third kappa shape index (κ3) is 6.18. The third-order valence-corrected chi connectivity index (χ3v) is 6.17. The predicted octanol–water partition coefficient (Wildman–Crippen LogP) is 5.67. The maximum atomic E-state index is 12.5. The average Bonchev–Trinajstić information content (AvgIpc) is 2.76. The van der Waals surface area contributed by atoms with Crippen molar-refractivity contribution in [2.24, 2.45) is 0 Å². The van der Waals surface area contributed by atoms with Crippen molar-refractivity contribution in [3.8, 4) is 17.6 Å². The van der Waals surface area contributed by atoms with Crippen molar-refractivity contribution in [3.63, 3.8) is 0 Å². The Bertz CT molecular complexity index is 1360. The van der Waals surface area contributed by atoms with Crippen LogP contribution in [0.5, 0.6) is 11.5 Å². The molecule has 0 aromatic heterocycles. The van der Waals surface area contributed by atoms with Gasteiger partial charge in [-0.15, -0.1) is 0 Å². The monoisotopic (exact) mass is 522 g/mol. The molecule has 0 aliphatic carbocycles. The van der Waals surface area contributed by atoms with Crippen LogP contribution in [-0.2, 0) is 14.9 Å². The van der Waals surface area contributed by atoms with Crippen molar-refractivity contribution >= 4 is 62.6 Å². The topological polar surface area (TPSA) is 116 Å². The number of aromatic hydroxyl groups is 1. The Morgan fingerprint density at radius 2 is 1.58 bits per heavy atom. The average molecular weight is 524 g/mol. The van der Waals surface area contributed by atoms with Crippen molar-refractivity contribution in [2.45, 2.75) is 4.90 Å². The first kappa shape index (κ1) is 24.4. The summed E-state index contributed by atoms with van der Waals surface area (Å²) < 4.78 is 30.1. The maximum absolute atomic E-state index is 12.5. The van der Waals surface area contributed by atoms with E-state index in [2.05, 4.69) is 5.32 Å². The van der Waals surface area contributed by atoms with Gasteiger partial charge in [-0.1, -0.05) is 34.8 Å². The predicted molar refractivity (Wildman–Crippen MR) is 126 cm³/mol. The van der Waals surface area contributed by atoms with Crippen LogP contribution >= 0.6 is 34.8 Å². The van der Waals surface area contributed by atoms with Gasteiger partial charge in [-0.2, -0.15) is 13.7 Å². The standard InChI is InChI=1S/C22H13Cl3N2O5S/c23-15-1-7-18(8-2-15)33(30,31)32-21-19(24)10-13(11-20(21)25)9-14(12-26)22(29)27-16-3-5-17(28)6-4-16/h1-11,28H,(H,27,29)/b14-9+. The Kier molecular flexibility index (Phi) is 7.51. The lowest BCUT2D eigenvalue weighted by Crippen LogP contribution is -2.13. The van der Waals surface area contributed by atoms with Crippen LogP contribution in [0, 0.1) is 11.3 Å². The molecule has 0 aliphatic heterocycles. The number of hydrogen-bond donors (Lipinski definition) is 2. The van der Waals surface area contributed by atoms with Gasteiger partial charge in [-0.3, -0.25) is 4.79 Å². The zero-order valence-electron chi connectivity index (χ0n) is 16.4. The molecule has 168 valence electrons. The number of halogens is 3. The highest BCUT2D eigenvalue weighted by Gasteiger charge is 2.21. The minimum Gasteiger partial charge on any atom is -0.508 e. The number of phenolic OH excluding ortho intramolecular Hbond substituents is 1. The fraction of sp³-hybridized carbons (Fsp3) is 0. The van der Waals surface area contributed by atoms with E-state index in [9.17, 15) is 23.6 Å². The van der Waals surface area contributed by atoms with Crippen LogP contribution in [0.15, 0.2) is 71.1 Å². The third-order valence-electron chi connectivity index (χ3n) is 4.12. The first-order valence-corrected chi connectivity index (χ1v) is 11.5. The summed E-state index contributed by atoms with van der Waals surface area (Å²) in [6.45, 7) is 0. The van der Waals surface area contributed by atoms with Crippen molar-refractivity contribution in [2.75, 3.05) is 5.32 Å². The molecule has 7 nitrogen and oxygen atoms in total. The van der Waals surface area contributed by atoms with Crippen LogP contribution in [0.1, 0.15) is 5.56 Å². The molecule has 0 fully saturated rings. The zero-order valence-corrected chi connectivity index (χ0v) is 19.5. The second kappa shape index (κ2) is 10.1. The van der Waals surface area contributed by atoms with E-state index < -0.39 is 16.0 Å². The Balaban J connectivity index is 1.85. The lowest BCUT2D eigenvalue weighted by Gasteiger charge is -2.11. The maximum Gasteiger partial charge on any atom is 0.339 e. The van der Waals surface area contributed by atoms with Crippen molar-refractivity contribution in [3.05, 3.63) is 86.9 Å². The second-order valence-corrected chi connectivity index (χ2v) is 9.27. The molecule has 0 unspecified atom stereocenters. The summed E-state index contributed by atoms with van der Waals surface area (Å²) in [7, 11) is -4.24. The van der Waals surface area contributed by atoms with Crippen LogP contribution in [0.3, 0.4) is 0 Å². The quantitative estimate of drug-likeness (QED) is 0.186. The summed E-state index contributed by atoms with van der Waals surface area (Å²) in [6, 6.07) is 15.4. The number of phenols is 1. The van der Waals surface area contributed by atoms with E-state index >= 15 is 0 Å². The van der Waals surface area contributed by atoms with Gasteiger partial charge >= 0.3 is 10.1 Å². The van der Waals surface area contributed by atoms with Crippen LogP contribution in [0.4, 0.5) is 5.69 Å². The molecule has 0 saturated carbocycles. The minimum absolute atomic E-state index is 0.0220. The summed E-state index contributed by atoms with van der Waals surface area (Å²) in [5, 5.41) is 21.2. The molecule has 0 spiro atoms. The molecule has 0 bridgehead atoms. The summed E-state index contributed by atoms with van der Waals surface area (Å²) in [6.07, 6.45) is 1.23. The largest absolute Gasteiger partial charge is 0.508 e. The van der Waals surface area contributed by atoms with Gasteiger partial charge in [0.2, 0.25) is 0 Å². The fourth-order valence-corrected chi connectivity index (χ4v) is 4.32. The van der Waals surface area contributed by atoms with Gasteiger partial charge in [0.25, 0.3) is 5.91 Å². The zero-order chi connectivity index (χ0) is 24.2. The van der Waals surface area contributed by atoms with E-state index in [4.69, 9.17) is 39.0 Å². The van der Waals surface area contributed by atoms with E-state index in [1.54, 1.807) is 6.07 Å². The molecule has 0 heterocycles. The number of nitriles is 1. The molecule has 0 aliphatic rings.